The van der Waals surface area contributed by atoms with E-state index in [-0.39, 0.29) is 0 Å². The normalized spacial score (nSPS) is 20.6. The summed E-state index contributed by atoms with van der Waals surface area (Å²) < 4.78 is 5.32. The van der Waals surface area contributed by atoms with E-state index in [0.717, 1.165) is 23.9 Å². The quantitative estimate of drug-likeness (QED) is 0.836. The summed E-state index contributed by atoms with van der Waals surface area (Å²) in [5.74, 6) is 1.47. The molecular formula is C12H16ClNO. The van der Waals surface area contributed by atoms with Crippen molar-refractivity contribution in [1.29, 1.82) is 0 Å². The molecule has 1 unspecified atom stereocenters. The molecule has 2 nitrogen and oxygen atoms in total. The molecule has 3 heteroatoms. The van der Waals surface area contributed by atoms with E-state index in [2.05, 4.69) is 18.3 Å². The first-order valence-corrected chi connectivity index (χ1v) is 5.65. The van der Waals surface area contributed by atoms with Crippen LogP contribution in [0.15, 0.2) is 12.1 Å². The lowest BCUT2D eigenvalue weighted by Crippen LogP contribution is -2.09. The van der Waals surface area contributed by atoms with Crippen molar-refractivity contribution in [2.75, 3.05) is 20.2 Å². The third-order valence-electron chi connectivity index (χ3n) is 3.09. The number of methoxy groups -OCH3 is 1. The highest BCUT2D eigenvalue weighted by Crippen LogP contribution is 2.33. The van der Waals surface area contributed by atoms with Gasteiger partial charge in [0.25, 0.3) is 0 Å². The number of hydrogen-bond donors (Lipinski definition) is 1. The summed E-state index contributed by atoms with van der Waals surface area (Å²) in [7, 11) is 1.69. The van der Waals surface area contributed by atoms with Crippen LogP contribution in [0.4, 0.5) is 0 Å². The Balaban J connectivity index is 2.40. The largest absolute Gasteiger partial charge is 0.496 e. The summed E-state index contributed by atoms with van der Waals surface area (Å²) in [4.78, 5) is 0. The minimum absolute atomic E-state index is 0.581. The van der Waals surface area contributed by atoms with Gasteiger partial charge in [0.15, 0.2) is 0 Å². The van der Waals surface area contributed by atoms with Crippen LogP contribution in [0.1, 0.15) is 23.5 Å². The van der Waals surface area contributed by atoms with E-state index in [1.165, 1.54) is 17.5 Å². The third kappa shape index (κ3) is 2.11. The second-order valence-corrected chi connectivity index (χ2v) is 4.45. The van der Waals surface area contributed by atoms with E-state index < -0.39 is 0 Å². The predicted octanol–water partition coefficient (Wildman–Crippen LogP) is 2.73. The van der Waals surface area contributed by atoms with Crippen molar-refractivity contribution in [2.45, 2.75) is 19.3 Å². The lowest BCUT2D eigenvalue weighted by molar-refractivity contribution is 0.410. The van der Waals surface area contributed by atoms with Crippen molar-refractivity contribution in [3.63, 3.8) is 0 Å². The summed E-state index contributed by atoms with van der Waals surface area (Å²) in [6, 6.07) is 3.94. The highest BCUT2D eigenvalue weighted by Gasteiger charge is 2.20. The number of hydrogen-bond acceptors (Lipinski definition) is 2. The Morgan fingerprint density at radius 1 is 1.47 bits per heavy atom. The number of nitrogens with one attached hydrogen (secondary N) is 1. The van der Waals surface area contributed by atoms with Gasteiger partial charge in [-0.3, -0.25) is 0 Å². The van der Waals surface area contributed by atoms with Crippen molar-refractivity contribution in [3.8, 4) is 5.75 Å². The van der Waals surface area contributed by atoms with Gasteiger partial charge < -0.3 is 10.1 Å². The van der Waals surface area contributed by atoms with Crippen LogP contribution < -0.4 is 10.1 Å². The molecule has 1 aliphatic heterocycles. The van der Waals surface area contributed by atoms with Crippen LogP contribution in [0, 0.1) is 6.92 Å². The fourth-order valence-corrected chi connectivity index (χ4v) is 2.45. The van der Waals surface area contributed by atoms with Gasteiger partial charge in [0.05, 0.1) is 7.11 Å². The summed E-state index contributed by atoms with van der Waals surface area (Å²) in [5, 5.41) is 4.13. The average molecular weight is 226 g/mol. The molecular weight excluding hydrogens is 210 g/mol. The van der Waals surface area contributed by atoms with Gasteiger partial charge in [0.1, 0.15) is 5.75 Å². The van der Waals surface area contributed by atoms with E-state index >= 15 is 0 Å². The molecule has 2 rings (SSSR count). The minimum atomic E-state index is 0.581. The van der Waals surface area contributed by atoms with E-state index in [1.54, 1.807) is 7.11 Å². The number of benzene rings is 1. The SMILES string of the molecule is COc1cc(Cl)cc(C2CCNC2)c1C. The summed E-state index contributed by atoms with van der Waals surface area (Å²) in [5.41, 5.74) is 2.54. The molecule has 0 aliphatic carbocycles. The Labute approximate surface area is 95.6 Å². The molecule has 0 radical (unpaired) electrons. The van der Waals surface area contributed by atoms with Gasteiger partial charge in [0.2, 0.25) is 0 Å². The van der Waals surface area contributed by atoms with Crippen molar-refractivity contribution >= 4 is 11.6 Å². The zero-order valence-corrected chi connectivity index (χ0v) is 9.90. The Bertz CT molecular complexity index is 359. The first kappa shape index (κ1) is 10.8. The molecule has 15 heavy (non-hydrogen) atoms. The van der Waals surface area contributed by atoms with Crippen LogP contribution in [0.3, 0.4) is 0 Å². The van der Waals surface area contributed by atoms with Crippen LogP contribution in [-0.2, 0) is 0 Å². The van der Waals surface area contributed by atoms with E-state index in [4.69, 9.17) is 16.3 Å². The molecule has 1 aliphatic rings. The lowest BCUT2D eigenvalue weighted by Gasteiger charge is -2.15. The highest BCUT2D eigenvalue weighted by molar-refractivity contribution is 6.30. The Morgan fingerprint density at radius 2 is 2.27 bits per heavy atom. The minimum Gasteiger partial charge on any atom is -0.496 e. The van der Waals surface area contributed by atoms with E-state index in [1.807, 2.05) is 6.07 Å². The zero-order valence-electron chi connectivity index (χ0n) is 9.14. The highest BCUT2D eigenvalue weighted by atomic mass is 35.5. The average Bonchev–Trinajstić information content (AvgIpc) is 2.74. The van der Waals surface area contributed by atoms with Gasteiger partial charge >= 0.3 is 0 Å². The van der Waals surface area contributed by atoms with Gasteiger partial charge in [0, 0.05) is 11.6 Å². The molecule has 1 N–H and O–H groups in total. The molecule has 1 fully saturated rings. The van der Waals surface area contributed by atoms with Crippen LogP contribution in [0.25, 0.3) is 0 Å². The molecule has 0 amide bonds. The Kier molecular flexibility index (Phi) is 3.17. The standard InChI is InChI=1S/C12H16ClNO/c1-8-11(9-3-4-14-7-9)5-10(13)6-12(8)15-2/h5-6,9,14H,3-4,7H2,1-2H3. The van der Waals surface area contributed by atoms with Gasteiger partial charge in [-0.1, -0.05) is 11.6 Å². The number of rotatable bonds is 2. The smallest absolute Gasteiger partial charge is 0.123 e. The maximum Gasteiger partial charge on any atom is 0.123 e. The predicted molar refractivity (Wildman–Crippen MR) is 63.0 cm³/mol. The van der Waals surface area contributed by atoms with Crippen LogP contribution >= 0.6 is 11.6 Å². The van der Waals surface area contributed by atoms with E-state index in [9.17, 15) is 0 Å². The Hall–Kier alpha value is -0.730. The molecule has 82 valence electrons. The monoisotopic (exact) mass is 225 g/mol. The Morgan fingerprint density at radius 3 is 2.87 bits per heavy atom. The van der Waals surface area contributed by atoms with Gasteiger partial charge in [-0.05, 0) is 49.1 Å². The second-order valence-electron chi connectivity index (χ2n) is 4.01. The lowest BCUT2D eigenvalue weighted by atomic mass is 9.93. The summed E-state index contributed by atoms with van der Waals surface area (Å²) in [6.45, 7) is 4.24. The fraction of sp³-hybridized carbons (Fsp3) is 0.500. The van der Waals surface area contributed by atoms with Gasteiger partial charge in [-0.15, -0.1) is 0 Å². The van der Waals surface area contributed by atoms with Gasteiger partial charge in [-0.25, -0.2) is 0 Å². The fourth-order valence-electron chi connectivity index (χ4n) is 2.23. The van der Waals surface area contributed by atoms with E-state index in [0.29, 0.717) is 5.92 Å². The maximum absolute atomic E-state index is 6.08. The first-order valence-electron chi connectivity index (χ1n) is 5.27. The first-order chi connectivity index (χ1) is 7.22. The molecule has 1 atom stereocenters. The summed E-state index contributed by atoms with van der Waals surface area (Å²) in [6.07, 6.45) is 1.18. The molecule has 1 heterocycles. The van der Waals surface area contributed by atoms with Crippen molar-refractivity contribution < 1.29 is 4.74 Å². The molecule has 1 aromatic rings. The third-order valence-corrected chi connectivity index (χ3v) is 3.30. The molecule has 0 spiro atoms. The van der Waals surface area contributed by atoms with Crippen molar-refractivity contribution in [3.05, 3.63) is 28.3 Å². The topological polar surface area (TPSA) is 21.3 Å². The van der Waals surface area contributed by atoms with Crippen LogP contribution in [0.2, 0.25) is 5.02 Å². The molecule has 0 bridgehead atoms. The summed E-state index contributed by atoms with van der Waals surface area (Å²) >= 11 is 6.08. The number of ether oxygens (including phenoxy) is 1. The zero-order chi connectivity index (χ0) is 10.8. The molecule has 1 aromatic carbocycles. The van der Waals surface area contributed by atoms with Crippen molar-refractivity contribution in [2.24, 2.45) is 0 Å². The second kappa shape index (κ2) is 4.42. The molecule has 1 saturated heterocycles. The maximum atomic E-state index is 6.08. The van der Waals surface area contributed by atoms with Crippen LogP contribution in [0.5, 0.6) is 5.75 Å². The molecule has 0 saturated carbocycles. The van der Waals surface area contributed by atoms with Gasteiger partial charge in [-0.2, -0.15) is 0 Å². The van der Waals surface area contributed by atoms with Crippen molar-refractivity contribution in [1.82, 2.24) is 5.32 Å². The van der Waals surface area contributed by atoms with Crippen LogP contribution in [-0.4, -0.2) is 20.2 Å². The number of halogens is 1. The molecule has 0 aromatic heterocycles.